The molecule has 28 heavy (non-hydrogen) atoms. The predicted octanol–water partition coefficient (Wildman–Crippen LogP) is 4.87. The molecule has 0 radical (unpaired) electrons. The fraction of sp³-hybridized carbons (Fsp3) is 0.364. The van der Waals surface area contributed by atoms with E-state index in [0.717, 1.165) is 42.0 Å². The van der Waals surface area contributed by atoms with E-state index in [2.05, 4.69) is 11.5 Å². The van der Waals surface area contributed by atoms with Crippen LogP contribution in [0.2, 0.25) is 5.02 Å². The van der Waals surface area contributed by atoms with Crippen molar-refractivity contribution in [3.8, 4) is 5.75 Å². The van der Waals surface area contributed by atoms with Crippen LogP contribution < -0.4 is 4.74 Å². The zero-order valence-corrected chi connectivity index (χ0v) is 16.7. The Morgan fingerprint density at radius 3 is 2.75 bits per heavy atom. The number of rotatable bonds is 7. The maximum Gasteiger partial charge on any atom is 0.224 e. The molecule has 6 heteroatoms. The highest BCUT2D eigenvalue weighted by atomic mass is 35.5. The topological polar surface area (TPSA) is 47.4 Å². The van der Waals surface area contributed by atoms with E-state index in [1.165, 1.54) is 0 Å². The molecule has 1 atom stereocenters. The van der Waals surface area contributed by atoms with E-state index in [4.69, 9.17) is 21.3 Å². The van der Waals surface area contributed by atoms with Gasteiger partial charge in [-0.05, 0) is 48.7 Å². The van der Waals surface area contributed by atoms with E-state index in [9.17, 15) is 4.79 Å². The van der Waals surface area contributed by atoms with Gasteiger partial charge in [0.25, 0.3) is 0 Å². The minimum Gasteiger partial charge on any atom is -0.486 e. The average Bonchev–Trinajstić information content (AvgIpc) is 3.22. The molecule has 2 aromatic carbocycles. The summed E-state index contributed by atoms with van der Waals surface area (Å²) in [6, 6.07) is 15.3. The molecule has 0 aliphatic carbocycles. The Balaban J connectivity index is 1.56. The van der Waals surface area contributed by atoms with Crippen LogP contribution in [0.1, 0.15) is 32.0 Å². The van der Waals surface area contributed by atoms with Crippen molar-refractivity contribution < 1.29 is 9.53 Å². The smallest absolute Gasteiger partial charge is 0.224 e. The molecule has 3 aromatic rings. The number of benzene rings is 2. The highest BCUT2D eigenvalue weighted by Crippen LogP contribution is 2.25. The van der Waals surface area contributed by atoms with Gasteiger partial charge in [-0.2, -0.15) is 0 Å². The van der Waals surface area contributed by atoms with E-state index in [0.29, 0.717) is 30.6 Å². The monoisotopic (exact) mass is 397 g/mol. The highest BCUT2D eigenvalue weighted by molar-refractivity contribution is 6.30. The number of carbonyl (C=O) groups excluding carboxylic acids is 1. The van der Waals surface area contributed by atoms with Gasteiger partial charge in [0.15, 0.2) is 0 Å². The normalized spacial score (nSPS) is 16.9. The molecule has 5 nitrogen and oxygen atoms in total. The molecule has 1 aliphatic rings. The second-order valence-corrected chi connectivity index (χ2v) is 7.74. The van der Waals surface area contributed by atoms with Gasteiger partial charge in [0, 0.05) is 18.0 Å². The van der Waals surface area contributed by atoms with E-state index in [1.807, 2.05) is 41.3 Å². The van der Waals surface area contributed by atoms with Crippen LogP contribution >= 0.6 is 11.6 Å². The summed E-state index contributed by atoms with van der Waals surface area (Å²) >= 11 is 5.94. The number of aromatic nitrogens is 2. The zero-order chi connectivity index (χ0) is 19.5. The lowest BCUT2D eigenvalue weighted by molar-refractivity contribution is -0.129. The Morgan fingerprint density at radius 2 is 1.96 bits per heavy atom. The zero-order valence-electron chi connectivity index (χ0n) is 16.0. The molecule has 4 rings (SSSR count). The summed E-state index contributed by atoms with van der Waals surface area (Å²) in [5.41, 5.74) is 1.93. The number of likely N-dealkylation sites (tertiary alicyclic amines) is 1. The molecular weight excluding hydrogens is 374 g/mol. The summed E-state index contributed by atoms with van der Waals surface area (Å²) in [5, 5.41) is 0.675. The molecule has 0 saturated carbocycles. The average molecular weight is 398 g/mol. The summed E-state index contributed by atoms with van der Waals surface area (Å²) in [5.74, 6) is 2.23. The first-order chi connectivity index (χ1) is 13.6. The van der Waals surface area contributed by atoms with Gasteiger partial charge < -0.3 is 14.2 Å². The fourth-order valence-corrected chi connectivity index (χ4v) is 3.96. The third-order valence-corrected chi connectivity index (χ3v) is 5.47. The van der Waals surface area contributed by atoms with Crippen LogP contribution in [0.15, 0.2) is 48.5 Å². The number of amides is 1. The van der Waals surface area contributed by atoms with Gasteiger partial charge in [0.1, 0.15) is 18.2 Å². The molecule has 1 amide bonds. The minimum atomic E-state index is 0.223. The van der Waals surface area contributed by atoms with Gasteiger partial charge in [-0.15, -0.1) is 0 Å². The van der Waals surface area contributed by atoms with Crippen molar-refractivity contribution in [2.24, 2.45) is 5.92 Å². The Labute approximate surface area is 169 Å². The Hall–Kier alpha value is -2.53. The van der Waals surface area contributed by atoms with E-state index >= 15 is 0 Å². The number of hydrogen-bond acceptors (Lipinski definition) is 3. The molecule has 146 valence electrons. The van der Waals surface area contributed by atoms with Crippen LogP contribution in [0.25, 0.3) is 11.0 Å². The number of fused-ring (bicyclic) bond motifs is 1. The van der Waals surface area contributed by atoms with Gasteiger partial charge in [-0.25, -0.2) is 4.98 Å². The van der Waals surface area contributed by atoms with Gasteiger partial charge >= 0.3 is 0 Å². The molecule has 1 unspecified atom stereocenters. The quantitative estimate of drug-likeness (QED) is 0.571. The number of carbonyl (C=O) groups is 1. The lowest BCUT2D eigenvalue weighted by Crippen LogP contribution is -2.29. The van der Waals surface area contributed by atoms with Gasteiger partial charge in [0.2, 0.25) is 5.91 Å². The highest BCUT2D eigenvalue weighted by Gasteiger charge is 2.29. The van der Waals surface area contributed by atoms with Crippen LogP contribution in [0.3, 0.4) is 0 Å². The molecule has 1 saturated heterocycles. The van der Waals surface area contributed by atoms with Crippen molar-refractivity contribution in [1.82, 2.24) is 14.5 Å². The van der Waals surface area contributed by atoms with Crippen LogP contribution in [0.4, 0.5) is 0 Å². The Bertz CT molecular complexity index is 968. The fourth-order valence-electron chi connectivity index (χ4n) is 3.84. The lowest BCUT2D eigenvalue weighted by atomic mass is 10.0. The molecule has 2 heterocycles. The Morgan fingerprint density at radius 1 is 1.18 bits per heavy atom. The van der Waals surface area contributed by atoms with Crippen LogP contribution in [0.5, 0.6) is 5.75 Å². The third kappa shape index (κ3) is 3.99. The lowest BCUT2D eigenvalue weighted by Gasteiger charge is -2.20. The predicted molar refractivity (Wildman–Crippen MR) is 110 cm³/mol. The summed E-state index contributed by atoms with van der Waals surface area (Å²) in [4.78, 5) is 19.2. The summed E-state index contributed by atoms with van der Waals surface area (Å²) < 4.78 is 8.02. The first-order valence-corrected chi connectivity index (χ1v) is 10.1. The van der Waals surface area contributed by atoms with Crippen LogP contribution in [-0.2, 0) is 18.1 Å². The number of nitrogens with zero attached hydrogens (tertiary/aromatic N) is 3. The van der Waals surface area contributed by atoms with Gasteiger partial charge in [-0.3, -0.25) is 4.79 Å². The van der Waals surface area contributed by atoms with Crippen LogP contribution in [0, 0.1) is 5.92 Å². The van der Waals surface area contributed by atoms with Crippen LogP contribution in [-0.4, -0.2) is 26.9 Å². The second-order valence-electron chi connectivity index (χ2n) is 7.30. The number of halogens is 1. The molecule has 0 spiro atoms. The summed E-state index contributed by atoms with van der Waals surface area (Å²) in [6.45, 7) is 3.83. The maximum absolute atomic E-state index is 12.5. The molecule has 0 N–H and O–H groups in total. The molecule has 1 aromatic heterocycles. The largest absolute Gasteiger partial charge is 0.486 e. The van der Waals surface area contributed by atoms with Crippen molar-refractivity contribution in [2.75, 3.05) is 6.54 Å². The molecule has 1 fully saturated rings. The summed E-state index contributed by atoms with van der Waals surface area (Å²) in [7, 11) is 0. The SMILES string of the molecule is CCCC1CC(=O)N(Cn2c(COc3ccc(Cl)cc3)nc3ccccc32)C1. The van der Waals surface area contributed by atoms with E-state index < -0.39 is 0 Å². The van der Waals surface area contributed by atoms with Crippen molar-refractivity contribution in [2.45, 2.75) is 39.5 Å². The van der Waals surface area contributed by atoms with Crippen molar-refractivity contribution >= 4 is 28.5 Å². The molecular formula is C22H24ClN3O2. The first-order valence-electron chi connectivity index (χ1n) is 9.74. The standard InChI is InChI=1S/C22H24ClN3O2/c1-2-5-16-12-22(27)25(13-16)15-26-20-7-4-3-6-19(20)24-21(26)14-28-18-10-8-17(23)9-11-18/h3-4,6-11,16H,2,5,12-15H2,1H3. The maximum atomic E-state index is 12.5. The molecule has 0 bridgehead atoms. The number of hydrogen-bond donors (Lipinski definition) is 0. The minimum absolute atomic E-state index is 0.223. The van der Waals surface area contributed by atoms with Gasteiger partial charge in [-0.1, -0.05) is 37.1 Å². The molecule has 1 aliphatic heterocycles. The van der Waals surface area contributed by atoms with Gasteiger partial charge in [0.05, 0.1) is 17.7 Å². The Kier molecular flexibility index (Phi) is 5.53. The van der Waals surface area contributed by atoms with E-state index in [1.54, 1.807) is 12.1 Å². The number of ether oxygens (including phenoxy) is 1. The van der Waals surface area contributed by atoms with E-state index in [-0.39, 0.29) is 5.91 Å². The van der Waals surface area contributed by atoms with Crippen molar-refractivity contribution in [1.29, 1.82) is 0 Å². The number of imidazole rings is 1. The van der Waals surface area contributed by atoms with Crippen molar-refractivity contribution in [3.05, 3.63) is 59.4 Å². The van der Waals surface area contributed by atoms with Crippen molar-refractivity contribution in [3.63, 3.8) is 0 Å². The first kappa shape index (κ1) is 18.8. The third-order valence-electron chi connectivity index (χ3n) is 5.22. The number of para-hydroxylation sites is 2. The second kappa shape index (κ2) is 8.23. The summed E-state index contributed by atoms with van der Waals surface area (Å²) in [6.07, 6.45) is 2.86.